The van der Waals surface area contributed by atoms with Gasteiger partial charge < -0.3 is 0 Å². The van der Waals surface area contributed by atoms with Crippen LogP contribution in [0.1, 0.15) is 64.4 Å². The van der Waals surface area contributed by atoms with Gasteiger partial charge in [-0.25, -0.2) is 5.43 Å². The molecule has 3 nitrogen and oxygen atoms in total. The summed E-state index contributed by atoms with van der Waals surface area (Å²) in [6.45, 7) is 4.11. The summed E-state index contributed by atoms with van der Waals surface area (Å²) in [7, 11) is 0. The summed E-state index contributed by atoms with van der Waals surface area (Å²) in [5.74, 6) is 0.00997. The van der Waals surface area contributed by atoms with Crippen LogP contribution in [0, 0.1) is 0 Å². The number of unbranched alkanes of at least 4 members (excludes halogenated alkanes) is 5. The van der Waals surface area contributed by atoms with E-state index in [-0.39, 0.29) is 5.91 Å². The molecule has 3 heteroatoms. The Kier molecular flexibility index (Phi) is 8.36. The van der Waals surface area contributed by atoms with Crippen LogP contribution < -0.4 is 5.43 Å². The van der Waals surface area contributed by atoms with Gasteiger partial charge in [0.1, 0.15) is 0 Å². The van der Waals surface area contributed by atoms with Gasteiger partial charge in [0.05, 0.1) is 5.71 Å². The second-order valence-corrected chi connectivity index (χ2v) is 5.12. The molecule has 110 valence electrons. The largest absolute Gasteiger partial charge is 0.273 e. The Morgan fingerprint density at radius 3 is 2.40 bits per heavy atom. The van der Waals surface area contributed by atoms with E-state index in [9.17, 15) is 4.79 Å². The minimum atomic E-state index is 0.00997. The molecule has 20 heavy (non-hydrogen) atoms. The van der Waals surface area contributed by atoms with Crippen molar-refractivity contribution in [1.82, 2.24) is 5.43 Å². The first-order valence-electron chi connectivity index (χ1n) is 7.62. The van der Waals surface area contributed by atoms with Gasteiger partial charge in [-0.2, -0.15) is 5.10 Å². The molecule has 0 heterocycles. The minimum absolute atomic E-state index is 0.00997. The van der Waals surface area contributed by atoms with E-state index in [1.807, 2.05) is 37.3 Å². The zero-order valence-electron chi connectivity index (χ0n) is 12.7. The fourth-order valence-corrected chi connectivity index (χ4v) is 2.01. The number of benzene rings is 1. The molecule has 0 aliphatic rings. The predicted molar refractivity (Wildman–Crippen MR) is 84.8 cm³/mol. The maximum Gasteiger partial charge on any atom is 0.240 e. The molecule has 0 unspecified atom stereocenters. The number of hydrogen-bond acceptors (Lipinski definition) is 2. The third-order valence-corrected chi connectivity index (χ3v) is 3.30. The smallest absolute Gasteiger partial charge is 0.240 e. The summed E-state index contributed by atoms with van der Waals surface area (Å²) in [4.78, 5) is 11.6. The Hall–Kier alpha value is -1.64. The highest BCUT2D eigenvalue weighted by Crippen LogP contribution is 2.06. The van der Waals surface area contributed by atoms with E-state index in [4.69, 9.17) is 0 Å². The van der Waals surface area contributed by atoms with Crippen molar-refractivity contribution in [2.24, 2.45) is 5.10 Å². The van der Waals surface area contributed by atoms with Crippen molar-refractivity contribution in [3.8, 4) is 0 Å². The Morgan fingerprint density at radius 1 is 1.05 bits per heavy atom. The molecule has 1 rings (SSSR count). The van der Waals surface area contributed by atoms with Gasteiger partial charge in [-0.05, 0) is 18.9 Å². The molecule has 0 radical (unpaired) electrons. The first kappa shape index (κ1) is 16.4. The van der Waals surface area contributed by atoms with Crippen LogP contribution in [0.3, 0.4) is 0 Å². The average Bonchev–Trinajstić information content (AvgIpc) is 2.49. The van der Waals surface area contributed by atoms with E-state index in [1.54, 1.807) is 0 Å². The number of rotatable bonds is 9. The topological polar surface area (TPSA) is 41.5 Å². The standard InChI is InChI=1S/C17H26N2O/c1-3-4-5-6-7-11-14-17(20)19-18-15(2)16-12-9-8-10-13-16/h8-10,12-13H,3-7,11,14H2,1-2H3,(H,19,20)/b18-15+. The van der Waals surface area contributed by atoms with Gasteiger partial charge in [-0.15, -0.1) is 0 Å². The molecule has 0 aromatic heterocycles. The van der Waals surface area contributed by atoms with Crippen molar-refractivity contribution in [1.29, 1.82) is 0 Å². The van der Waals surface area contributed by atoms with Crippen LogP contribution in [0.15, 0.2) is 35.4 Å². The second kappa shape index (κ2) is 10.2. The molecule has 1 N–H and O–H groups in total. The van der Waals surface area contributed by atoms with Crippen molar-refractivity contribution < 1.29 is 4.79 Å². The molecule has 0 aliphatic heterocycles. The third-order valence-electron chi connectivity index (χ3n) is 3.30. The van der Waals surface area contributed by atoms with Gasteiger partial charge in [0.2, 0.25) is 5.91 Å². The van der Waals surface area contributed by atoms with E-state index in [2.05, 4.69) is 17.5 Å². The lowest BCUT2D eigenvalue weighted by Crippen LogP contribution is -2.18. The Bertz CT molecular complexity index is 412. The SMILES string of the molecule is CCCCCCCCC(=O)N/N=C(\C)c1ccccc1. The van der Waals surface area contributed by atoms with Crippen molar-refractivity contribution in [2.75, 3.05) is 0 Å². The molecule has 0 spiro atoms. The Morgan fingerprint density at radius 2 is 1.70 bits per heavy atom. The van der Waals surface area contributed by atoms with Crippen LogP contribution in [0.2, 0.25) is 0 Å². The number of amides is 1. The first-order chi connectivity index (χ1) is 9.74. The normalized spacial score (nSPS) is 11.4. The van der Waals surface area contributed by atoms with Crippen LogP contribution in [0.5, 0.6) is 0 Å². The van der Waals surface area contributed by atoms with Crippen molar-refractivity contribution in [3.05, 3.63) is 35.9 Å². The van der Waals surface area contributed by atoms with Crippen molar-refractivity contribution in [2.45, 2.75) is 58.8 Å². The molecule has 0 atom stereocenters. The number of nitrogens with one attached hydrogen (secondary N) is 1. The molecule has 1 amide bonds. The van der Waals surface area contributed by atoms with Crippen LogP contribution in [0.25, 0.3) is 0 Å². The molecule has 0 aliphatic carbocycles. The number of carbonyl (C=O) groups is 1. The van der Waals surface area contributed by atoms with E-state index < -0.39 is 0 Å². The third kappa shape index (κ3) is 7.07. The molecular formula is C17H26N2O. The summed E-state index contributed by atoms with van der Waals surface area (Å²) in [5.41, 5.74) is 4.50. The fourth-order valence-electron chi connectivity index (χ4n) is 2.01. The van der Waals surface area contributed by atoms with Crippen LogP contribution in [-0.2, 0) is 4.79 Å². The lowest BCUT2D eigenvalue weighted by atomic mass is 10.1. The van der Waals surface area contributed by atoms with Gasteiger partial charge in [0, 0.05) is 6.42 Å². The highest BCUT2D eigenvalue weighted by molar-refractivity contribution is 5.99. The lowest BCUT2D eigenvalue weighted by Gasteiger charge is -2.03. The summed E-state index contributed by atoms with van der Waals surface area (Å²) in [6.07, 6.45) is 7.72. The number of carbonyl (C=O) groups excluding carboxylic acids is 1. The van der Waals surface area contributed by atoms with Gasteiger partial charge in [0.15, 0.2) is 0 Å². The molecule has 0 saturated carbocycles. The van der Waals surface area contributed by atoms with Crippen molar-refractivity contribution in [3.63, 3.8) is 0 Å². The molecule has 0 fully saturated rings. The second-order valence-electron chi connectivity index (χ2n) is 5.12. The van der Waals surface area contributed by atoms with Gasteiger partial charge in [-0.1, -0.05) is 69.4 Å². The predicted octanol–water partition coefficient (Wildman–Crippen LogP) is 4.28. The maximum absolute atomic E-state index is 11.6. The monoisotopic (exact) mass is 274 g/mol. The minimum Gasteiger partial charge on any atom is -0.273 e. The summed E-state index contributed by atoms with van der Waals surface area (Å²) in [6, 6.07) is 9.87. The highest BCUT2D eigenvalue weighted by Gasteiger charge is 2.01. The number of hydrazone groups is 1. The number of hydrogen-bond donors (Lipinski definition) is 1. The van der Waals surface area contributed by atoms with Gasteiger partial charge in [-0.3, -0.25) is 4.79 Å². The molecule has 1 aromatic carbocycles. The summed E-state index contributed by atoms with van der Waals surface area (Å²) in [5, 5.41) is 4.14. The lowest BCUT2D eigenvalue weighted by molar-refractivity contribution is -0.121. The van der Waals surface area contributed by atoms with Gasteiger partial charge >= 0.3 is 0 Å². The van der Waals surface area contributed by atoms with Gasteiger partial charge in [0.25, 0.3) is 0 Å². The molecule has 0 saturated heterocycles. The molecule has 0 bridgehead atoms. The van der Waals surface area contributed by atoms with Crippen LogP contribution >= 0.6 is 0 Å². The van der Waals surface area contributed by atoms with Crippen LogP contribution in [-0.4, -0.2) is 11.6 Å². The van der Waals surface area contributed by atoms with E-state index in [0.29, 0.717) is 6.42 Å². The quantitative estimate of drug-likeness (QED) is 0.407. The highest BCUT2D eigenvalue weighted by atomic mass is 16.2. The van der Waals surface area contributed by atoms with E-state index >= 15 is 0 Å². The van der Waals surface area contributed by atoms with Crippen LogP contribution in [0.4, 0.5) is 0 Å². The van der Waals surface area contributed by atoms with E-state index in [1.165, 1.54) is 25.7 Å². The Balaban J connectivity index is 2.19. The molecular weight excluding hydrogens is 248 g/mol. The summed E-state index contributed by atoms with van der Waals surface area (Å²) >= 11 is 0. The zero-order chi connectivity index (χ0) is 14.6. The zero-order valence-corrected chi connectivity index (χ0v) is 12.7. The maximum atomic E-state index is 11.6. The average molecular weight is 274 g/mol. The number of nitrogens with zero attached hydrogens (tertiary/aromatic N) is 1. The first-order valence-corrected chi connectivity index (χ1v) is 7.62. The van der Waals surface area contributed by atoms with E-state index in [0.717, 1.165) is 24.1 Å². The Labute approximate surface area is 122 Å². The van der Waals surface area contributed by atoms with Crippen molar-refractivity contribution >= 4 is 11.6 Å². The molecule has 1 aromatic rings. The fraction of sp³-hybridized carbons (Fsp3) is 0.529. The summed E-state index contributed by atoms with van der Waals surface area (Å²) < 4.78 is 0.